The number of hydrogen-bond acceptors (Lipinski definition) is 9. The summed E-state index contributed by atoms with van der Waals surface area (Å²) in [5, 5.41) is 9.13. The molecule has 3 aromatic rings. The van der Waals surface area contributed by atoms with Gasteiger partial charge in [-0.15, -0.1) is 10.2 Å². The van der Waals surface area contributed by atoms with Crippen molar-refractivity contribution in [2.24, 2.45) is 7.05 Å². The summed E-state index contributed by atoms with van der Waals surface area (Å²) in [6, 6.07) is 0. The number of hydrogen-bond donors (Lipinski definition) is 1. The molecule has 10 nitrogen and oxygen atoms in total. The van der Waals surface area contributed by atoms with Crippen LogP contribution in [0.2, 0.25) is 0 Å². The predicted molar refractivity (Wildman–Crippen MR) is 118 cm³/mol. The number of anilines is 1. The summed E-state index contributed by atoms with van der Waals surface area (Å²) >= 11 is 3.23. The Kier molecular flexibility index (Phi) is 5.98. The Morgan fingerprint density at radius 1 is 1.23 bits per heavy atom. The molecule has 1 aliphatic rings. The number of aryl methyl sites for hydroxylation is 3. The summed E-state index contributed by atoms with van der Waals surface area (Å²) in [5.41, 5.74) is -0.0446. The van der Waals surface area contributed by atoms with Gasteiger partial charge in [-0.2, -0.15) is 4.98 Å². The fourth-order valence-electron chi connectivity index (χ4n) is 3.74. The Morgan fingerprint density at radius 3 is 2.63 bits per heavy atom. The highest BCUT2D eigenvalue weighted by molar-refractivity contribution is 8.01. The van der Waals surface area contributed by atoms with Crippen molar-refractivity contribution in [1.82, 2.24) is 29.3 Å². The molecule has 0 saturated carbocycles. The molecule has 3 aromatic heterocycles. The number of aromatic amines is 1. The molecule has 4 heterocycles. The Balaban J connectivity index is 1.65. The Hall–Kier alpha value is -2.18. The van der Waals surface area contributed by atoms with Gasteiger partial charge in [-0.3, -0.25) is 14.3 Å². The van der Waals surface area contributed by atoms with E-state index in [2.05, 4.69) is 20.1 Å². The molecule has 1 fully saturated rings. The largest absolute Gasteiger partial charge is 0.372 e. The second kappa shape index (κ2) is 8.52. The molecule has 0 unspecified atom stereocenters. The van der Waals surface area contributed by atoms with Crippen LogP contribution in [0.1, 0.15) is 25.3 Å². The lowest BCUT2D eigenvalue weighted by Crippen LogP contribution is -2.46. The number of nitrogens with one attached hydrogen (secondary N) is 1. The third-order valence-electron chi connectivity index (χ3n) is 4.95. The van der Waals surface area contributed by atoms with Gasteiger partial charge in [0.2, 0.25) is 5.95 Å². The van der Waals surface area contributed by atoms with Crippen molar-refractivity contribution in [3.05, 3.63) is 25.8 Å². The van der Waals surface area contributed by atoms with Gasteiger partial charge in [0.25, 0.3) is 5.56 Å². The summed E-state index contributed by atoms with van der Waals surface area (Å²) in [7, 11) is 1.62. The highest BCUT2D eigenvalue weighted by atomic mass is 32.2. The summed E-state index contributed by atoms with van der Waals surface area (Å²) in [4.78, 5) is 34.0. The topological polar surface area (TPSA) is 111 Å². The van der Waals surface area contributed by atoms with Crippen molar-refractivity contribution < 1.29 is 4.74 Å². The molecule has 0 bridgehead atoms. The number of nitrogens with zero attached hydrogens (tertiary/aromatic N) is 6. The maximum atomic E-state index is 12.7. The summed E-state index contributed by atoms with van der Waals surface area (Å²) in [6.45, 7) is 7.96. The first-order valence-corrected chi connectivity index (χ1v) is 11.7. The zero-order valence-electron chi connectivity index (χ0n) is 17.4. The predicted octanol–water partition coefficient (Wildman–Crippen LogP) is 1.38. The van der Waals surface area contributed by atoms with Crippen LogP contribution in [0.4, 0.5) is 5.95 Å². The number of H-pyrrole nitrogens is 1. The van der Waals surface area contributed by atoms with E-state index >= 15 is 0 Å². The van der Waals surface area contributed by atoms with Crippen molar-refractivity contribution >= 4 is 40.2 Å². The van der Waals surface area contributed by atoms with E-state index in [1.54, 1.807) is 30.1 Å². The van der Waals surface area contributed by atoms with Crippen molar-refractivity contribution in [2.75, 3.05) is 23.7 Å². The van der Waals surface area contributed by atoms with Gasteiger partial charge in [-0.25, -0.2) is 4.79 Å². The molecule has 0 aliphatic carbocycles. The zero-order chi connectivity index (χ0) is 21.4. The Bertz CT molecular complexity index is 1150. The number of imidazole rings is 1. The van der Waals surface area contributed by atoms with Gasteiger partial charge >= 0.3 is 5.69 Å². The van der Waals surface area contributed by atoms with Crippen LogP contribution in [-0.4, -0.2) is 60.3 Å². The first-order chi connectivity index (χ1) is 14.3. The monoisotopic (exact) mass is 451 g/mol. The van der Waals surface area contributed by atoms with E-state index in [0.29, 0.717) is 36.7 Å². The van der Waals surface area contributed by atoms with Gasteiger partial charge in [-0.05, 0) is 27.2 Å². The number of morpholine rings is 1. The minimum atomic E-state index is -0.463. The highest BCUT2D eigenvalue weighted by Crippen LogP contribution is 2.26. The fourth-order valence-corrected chi connectivity index (χ4v) is 5.55. The van der Waals surface area contributed by atoms with Crippen LogP contribution in [-0.2, 0) is 18.3 Å². The summed E-state index contributed by atoms with van der Waals surface area (Å²) in [6.07, 6.45) is 0.931. The van der Waals surface area contributed by atoms with Crippen LogP contribution in [0.15, 0.2) is 13.9 Å². The van der Waals surface area contributed by atoms with E-state index in [-0.39, 0.29) is 12.2 Å². The normalized spacial score (nSPS) is 19.7. The molecule has 1 saturated heterocycles. The van der Waals surface area contributed by atoms with Crippen molar-refractivity contribution in [1.29, 1.82) is 0 Å². The molecule has 30 heavy (non-hydrogen) atoms. The number of aromatic nitrogens is 6. The van der Waals surface area contributed by atoms with Crippen LogP contribution in [0, 0.1) is 6.92 Å². The lowest BCUT2D eigenvalue weighted by molar-refractivity contribution is -0.00588. The van der Waals surface area contributed by atoms with Crippen LogP contribution in [0.5, 0.6) is 0 Å². The number of thioether (sulfide) groups is 1. The molecule has 0 radical (unpaired) electrons. The lowest BCUT2D eigenvalue weighted by Gasteiger charge is -2.36. The fraction of sp³-hybridized carbons (Fsp3) is 0.611. The minimum Gasteiger partial charge on any atom is -0.372 e. The molecular weight excluding hydrogens is 426 g/mol. The molecule has 1 aliphatic heterocycles. The zero-order valence-corrected chi connectivity index (χ0v) is 19.0. The molecular formula is C18H25N7O3S2. The van der Waals surface area contributed by atoms with Gasteiger partial charge < -0.3 is 14.2 Å². The van der Waals surface area contributed by atoms with Gasteiger partial charge in [0, 0.05) is 32.4 Å². The lowest BCUT2D eigenvalue weighted by atomic mass is 10.2. The van der Waals surface area contributed by atoms with Gasteiger partial charge in [-0.1, -0.05) is 23.1 Å². The number of fused-ring (bicyclic) bond motifs is 1. The Labute approximate surface area is 181 Å². The maximum Gasteiger partial charge on any atom is 0.329 e. The summed E-state index contributed by atoms with van der Waals surface area (Å²) in [5.74, 6) is 1.54. The van der Waals surface area contributed by atoms with E-state index in [0.717, 1.165) is 21.5 Å². The molecule has 2 atom stereocenters. The molecule has 1 N–H and O–H groups in total. The van der Waals surface area contributed by atoms with E-state index in [9.17, 15) is 9.59 Å². The molecule has 162 valence electrons. The van der Waals surface area contributed by atoms with E-state index in [1.807, 2.05) is 25.3 Å². The van der Waals surface area contributed by atoms with Crippen LogP contribution >= 0.6 is 23.1 Å². The van der Waals surface area contributed by atoms with Crippen molar-refractivity contribution in [3.8, 4) is 0 Å². The van der Waals surface area contributed by atoms with E-state index in [1.165, 1.54) is 4.57 Å². The molecule has 4 rings (SSSR count). The maximum absolute atomic E-state index is 12.7. The average molecular weight is 452 g/mol. The first kappa shape index (κ1) is 21.1. The van der Waals surface area contributed by atoms with Crippen molar-refractivity contribution in [3.63, 3.8) is 0 Å². The van der Waals surface area contributed by atoms with Gasteiger partial charge in [0.1, 0.15) is 5.01 Å². The molecule has 0 spiro atoms. The van der Waals surface area contributed by atoms with Crippen LogP contribution < -0.4 is 16.1 Å². The minimum absolute atomic E-state index is 0.0558. The average Bonchev–Trinajstić information content (AvgIpc) is 3.26. The summed E-state index contributed by atoms with van der Waals surface area (Å²) < 4.78 is 10.1. The highest BCUT2D eigenvalue weighted by Gasteiger charge is 2.28. The molecule has 0 amide bonds. The molecule has 0 aromatic carbocycles. The SMILES string of the molecule is Cc1nnc(SCCCn2c(N3C[C@H](C)O[C@@H](C)C3)nc3c2c(=O)[nH]c(=O)n3C)s1. The third-order valence-corrected chi connectivity index (χ3v) is 7.01. The second-order valence-corrected chi connectivity index (χ2v) is 10.0. The van der Waals surface area contributed by atoms with Gasteiger partial charge in [0.15, 0.2) is 15.5 Å². The van der Waals surface area contributed by atoms with Gasteiger partial charge in [0.05, 0.1) is 12.2 Å². The third kappa shape index (κ3) is 4.16. The van der Waals surface area contributed by atoms with Crippen molar-refractivity contribution in [2.45, 2.75) is 50.3 Å². The van der Waals surface area contributed by atoms with Crippen LogP contribution in [0.25, 0.3) is 11.2 Å². The van der Waals surface area contributed by atoms with E-state index < -0.39 is 11.2 Å². The first-order valence-electron chi connectivity index (χ1n) is 9.86. The smallest absolute Gasteiger partial charge is 0.329 e. The number of ether oxygens (including phenoxy) is 1. The number of rotatable bonds is 6. The Morgan fingerprint density at radius 2 is 1.97 bits per heavy atom. The quantitative estimate of drug-likeness (QED) is 0.442. The standard InChI is InChI=1S/C18H25N7O3S2/c1-10-8-24(9-11(2)28-10)16-19-14-13(15(26)20-17(27)23(14)4)25(16)6-5-7-29-18-22-21-12(3)30-18/h10-11H,5-9H2,1-4H3,(H,20,26,27)/t10-,11-/m0/s1. The molecule has 12 heteroatoms. The second-order valence-electron chi connectivity index (χ2n) is 7.51. The van der Waals surface area contributed by atoms with E-state index in [4.69, 9.17) is 9.72 Å². The van der Waals surface area contributed by atoms with Crippen LogP contribution in [0.3, 0.4) is 0 Å².